The fourth-order valence-electron chi connectivity index (χ4n) is 4.07. The summed E-state index contributed by atoms with van der Waals surface area (Å²) in [7, 11) is 0. The molecule has 0 fully saturated rings. The quantitative estimate of drug-likeness (QED) is 0.498. The fraction of sp³-hybridized carbons (Fsp3) is 0.259. The number of hydrogen-bond donors (Lipinski definition) is 1. The van der Waals surface area contributed by atoms with Crippen molar-refractivity contribution in [2.75, 3.05) is 13.2 Å². The topological polar surface area (TPSA) is 55.4 Å². The highest BCUT2D eigenvalue weighted by Gasteiger charge is 2.25. The van der Waals surface area contributed by atoms with E-state index in [1.807, 2.05) is 23.9 Å². The molecular weight excluding hydrogens is 418 g/mol. The lowest BCUT2D eigenvalue weighted by Crippen LogP contribution is -2.27. The van der Waals surface area contributed by atoms with Crippen LogP contribution in [-0.2, 0) is 21.7 Å². The minimum absolute atomic E-state index is 0.0506. The van der Waals surface area contributed by atoms with E-state index >= 15 is 0 Å². The van der Waals surface area contributed by atoms with E-state index < -0.39 is 0 Å². The molecule has 3 aromatic rings. The molecule has 0 aliphatic carbocycles. The first kappa shape index (κ1) is 22.2. The van der Waals surface area contributed by atoms with E-state index in [0.717, 1.165) is 11.3 Å². The second kappa shape index (κ2) is 10.5. The molecule has 3 aromatic carbocycles. The molecule has 32 heavy (non-hydrogen) atoms. The molecule has 1 unspecified atom stereocenters. The van der Waals surface area contributed by atoms with Gasteiger partial charge in [-0.15, -0.1) is 11.8 Å². The molecule has 1 atom stereocenters. The van der Waals surface area contributed by atoms with Gasteiger partial charge in [-0.1, -0.05) is 54.6 Å². The van der Waals surface area contributed by atoms with Gasteiger partial charge in [-0.25, -0.2) is 4.79 Å². The van der Waals surface area contributed by atoms with Gasteiger partial charge in [0.2, 0.25) is 5.91 Å². The van der Waals surface area contributed by atoms with E-state index in [9.17, 15) is 9.59 Å². The lowest BCUT2D eigenvalue weighted by Gasteiger charge is -2.19. The van der Waals surface area contributed by atoms with Gasteiger partial charge >= 0.3 is 5.97 Å². The SMILES string of the molecule is CCOC(=O)c1ccc(CCNC(=O)CC2c3ccccc3CSc3ccccc32)cc1. The monoisotopic (exact) mass is 445 g/mol. The van der Waals surface area contributed by atoms with Crippen LogP contribution >= 0.6 is 11.8 Å². The highest BCUT2D eigenvalue weighted by atomic mass is 32.2. The number of hydrogen-bond acceptors (Lipinski definition) is 4. The second-order valence-electron chi connectivity index (χ2n) is 7.80. The Kier molecular flexibility index (Phi) is 7.28. The van der Waals surface area contributed by atoms with Gasteiger partial charge in [-0.05, 0) is 53.8 Å². The molecule has 0 saturated heterocycles. The third-order valence-corrected chi connectivity index (χ3v) is 6.84. The Bertz CT molecular complexity index is 1050. The Morgan fingerprint density at radius 3 is 2.47 bits per heavy atom. The van der Waals surface area contributed by atoms with Crippen molar-refractivity contribution >= 4 is 23.6 Å². The van der Waals surface area contributed by atoms with E-state index in [1.165, 1.54) is 21.6 Å². The van der Waals surface area contributed by atoms with Crippen LogP contribution in [0.3, 0.4) is 0 Å². The number of rotatable bonds is 7. The van der Waals surface area contributed by atoms with Crippen LogP contribution < -0.4 is 5.32 Å². The summed E-state index contributed by atoms with van der Waals surface area (Å²) in [6.45, 7) is 2.71. The number of benzene rings is 3. The predicted molar refractivity (Wildman–Crippen MR) is 128 cm³/mol. The van der Waals surface area contributed by atoms with E-state index in [4.69, 9.17) is 4.74 Å². The molecule has 0 radical (unpaired) electrons. The largest absolute Gasteiger partial charge is 0.462 e. The van der Waals surface area contributed by atoms with Gasteiger partial charge in [0, 0.05) is 29.5 Å². The minimum Gasteiger partial charge on any atom is -0.462 e. The number of ether oxygens (including phenoxy) is 1. The van der Waals surface area contributed by atoms with Crippen molar-refractivity contribution in [2.45, 2.75) is 36.3 Å². The molecule has 1 aliphatic heterocycles. The summed E-state index contributed by atoms with van der Waals surface area (Å²) in [5.74, 6) is 0.720. The first-order valence-electron chi connectivity index (χ1n) is 11.0. The summed E-state index contributed by atoms with van der Waals surface area (Å²) in [5, 5.41) is 3.08. The number of fused-ring (bicyclic) bond motifs is 2. The first-order valence-corrected chi connectivity index (χ1v) is 12.0. The van der Waals surface area contributed by atoms with Crippen molar-refractivity contribution in [3.63, 3.8) is 0 Å². The summed E-state index contributed by atoms with van der Waals surface area (Å²) in [6.07, 6.45) is 1.14. The highest BCUT2D eigenvalue weighted by molar-refractivity contribution is 7.98. The Labute approximate surface area is 193 Å². The third-order valence-electron chi connectivity index (χ3n) is 5.70. The van der Waals surface area contributed by atoms with Gasteiger partial charge in [0.15, 0.2) is 0 Å². The zero-order valence-corrected chi connectivity index (χ0v) is 19.0. The van der Waals surface area contributed by atoms with Crippen LogP contribution in [0.2, 0.25) is 0 Å². The minimum atomic E-state index is -0.311. The maximum atomic E-state index is 12.9. The summed E-state index contributed by atoms with van der Waals surface area (Å²) in [4.78, 5) is 25.9. The number of carbonyl (C=O) groups excluding carboxylic acids is 2. The van der Waals surface area contributed by atoms with Gasteiger partial charge in [-0.2, -0.15) is 0 Å². The highest BCUT2D eigenvalue weighted by Crippen LogP contribution is 2.41. The van der Waals surface area contributed by atoms with Gasteiger partial charge < -0.3 is 10.1 Å². The molecule has 5 heteroatoms. The molecule has 0 spiro atoms. The molecule has 164 valence electrons. The van der Waals surface area contributed by atoms with Crippen molar-refractivity contribution in [1.29, 1.82) is 0 Å². The fourth-order valence-corrected chi connectivity index (χ4v) is 5.20. The van der Waals surface area contributed by atoms with E-state index in [-0.39, 0.29) is 17.8 Å². The van der Waals surface area contributed by atoms with Crippen LogP contribution in [0, 0.1) is 0 Å². The van der Waals surface area contributed by atoms with Crippen molar-refractivity contribution in [1.82, 2.24) is 5.32 Å². The zero-order chi connectivity index (χ0) is 22.3. The zero-order valence-electron chi connectivity index (χ0n) is 18.2. The summed E-state index contributed by atoms with van der Waals surface area (Å²) in [5.41, 5.74) is 5.39. The number of carbonyl (C=O) groups is 2. The summed E-state index contributed by atoms with van der Waals surface area (Å²) < 4.78 is 5.01. The molecule has 0 saturated carbocycles. The molecule has 0 aromatic heterocycles. The van der Waals surface area contributed by atoms with Crippen LogP contribution in [0.1, 0.15) is 51.9 Å². The Hall–Kier alpha value is -3.05. The number of esters is 1. The average Bonchev–Trinajstić information content (AvgIpc) is 2.97. The second-order valence-corrected chi connectivity index (χ2v) is 8.82. The number of amides is 1. The van der Waals surface area contributed by atoms with Crippen molar-refractivity contribution < 1.29 is 14.3 Å². The molecule has 1 aliphatic rings. The van der Waals surface area contributed by atoms with E-state index in [0.29, 0.717) is 31.6 Å². The Morgan fingerprint density at radius 1 is 0.969 bits per heavy atom. The smallest absolute Gasteiger partial charge is 0.338 e. The lowest BCUT2D eigenvalue weighted by molar-refractivity contribution is -0.121. The van der Waals surface area contributed by atoms with Crippen LogP contribution in [0.4, 0.5) is 0 Å². The molecule has 0 bridgehead atoms. The third kappa shape index (κ3) is 5.22. The van der Waals surface area contributed by atoms with Crippen molar-refractivity contribution in [3.8, 4) is 0 Å². The molecule has 4 nitrogen and oxygen atoms in total. The molecular formula is C27H27NO3S. The normalized spacial score (nSPS) is 14.6. The maximum absolute atomic E-state index is 12.9. The summed E-state index contributed by atoms with van der Waals surface area (Å²) >= 11 is 1.84. The number of nitrogens with one attached hydrogen (secondary N) is 1. The van der Waals surface area contributed by atoms with Gasteiger partial charge in [0.25, 0.3) is 0 Å². The molecule has 1 N–H and O–H groups in total. The van der Waals surface area contributed by atoms with Gasteiger partial charge in [-0.3, -0.25) is 4.79 Å². The molecule has 1 heterocycles. The standard InChI is InChI=1S/C27H27NO3S/c1-2-31-27(30)20-13-11-19(12-14-20)15-16-28-26(29)17-24-22-8-4-3-7-21(22)18-32-25-10-6-5-9-23(24)25/h3-14,24H,2,15-18H2,1H3,(H,28,29). The van der Waals surface area contributed by atoms with E-state index in [2.05, 4.69) is 53.8 Å². The lowest BCUT2D eigenvalue weighted by atomic mass is 9.86. The van der Waals surface area contributed by atoms with Crippen LogP contribution in [-0.4, -0.2) is 25.0 Å². The summed E-state index contributed by atoms with van der Waals surface area (Å²) in [6, 6.07) is 24.2. The van der Waals surface area contributed by atoms with Gasteiger partial charge in [0.05, 0.1) is 12.2 Å². The van der Waals surface area contributed by atoms with Gasteiger partial charge in [0.1, 0.15) is 0 Å². The molecule has 4 rings (SSSR count). The first-order chi connectivity index (χ1) is 15.7. The molecule has 1 amide bonds. The predicted octanol–water partition coefficient (Wildman–Crippen LogP) is 5.35. The Morgan fingerprint density at radius 2 is 1.69 bits per heavy atom. The Balaban J connectivity index is 1.39. The van der Waals surface area contributed by atoms with Crippen molar-refractivity contribution in [2.24, 2.45) is 0 Å². The van der Waals surface area contributed by atoms with Crippen molar-refractivity contribution in [3.05, 3.63) is 101 Å². The van der Waals surface area contributed by atoms with Crippen LogP contribution in [0.5, 0.6) is 0 Å². The van der Waals surface area contributed by atoms with Crippen LogP contribution in [0.25, 0.3) is 0 Å². The van der Waals surface area contributed by atoms with E-state index in [1.54, 1.807) is 19.1 Å². The average molecular weight is 446 g/mol. The maximum Gasteiger partial charge on any atom is 0.338 e. The van der Waals surface area contributed by atoms with Crippen LogP contribution in [0.15, 0.2) is 77.7 Å². The number of thioether (sulfide) groups is 1.